The number of nitrogens with one attached hydrogen (secondary N) is 2. The van der Waals surface area contributed by atoms with Gasteiger partial charge in [-0.3, -0.25) is 0 Å². The standard InChI is InChI=1S/C18H28N4O2/c1-21-9-11-22(12-10-21)17-5-3-2-4-16(17)20-18(24)19-15(8-13-23)14-6-7-14/h2-5,14-15,23H,6-13H2,1H3,(H2,19,20,24). The number of benzene rings is 1. The summed E-state index contributed by atoms with van der Waals surface area (Å²) in [6, 6.07) is 7.86. The normalized spacial score (nSPS) is 19.8. The van der Waals surface area contributed by atoms with Crippen molar-refractivity contribution in [1.29, 1.82) is 0 Å². The van der Waals surface area contributed by atoms with Crippen molar-refractivity contribution in [3.63, 3.8) is 0 Å². The Kier molecular flexibility index (Phi) is 5.58. The van der Waals surface area contributed by atoms with Crippen molar-refractivity contribution < 1.29 is 9.90 Å². The zero-order valence-corrected chi connectivity index (χ0v) is 14.4. The van der Waals surface area contributed by atoms with Gasteiger partial charge in [-0.2, -0.15) is 0 Å². The number of nitrogens with zero attached hydrogens (tertiary/aromatic N) is 2. The lowest BCUT2D eigenvalue weighted by Crippen LogP contribution is -2.45. The van der Waals surface area contributed by atoms with Crippen molar-refractivity contribution in [2.45, 2.75) is 25.3 Å². The molecule has 6 heteroatoms. The van der Waals surface area contributed by atoms with Crippen LogP contribution in [0.4, 0.5) is 16.2 Å². The summed E-state index contributed by atoms with van der Waals surface area (Å²) in [6.45, 7) is 4.10. The largest absolute Gasteiger partial charge is 0.396 e. The van der Waals surface area contributed by atoms with Gasteiger partial charge in [-0.25, -0.2) is 4.79 Å². The fourth-order valence-electron chi connectivity index (χ4n) is 3.29. The molecular weight excluding hydrogens is 304 g/mol. The van der Waals surface area contributed by atoms with Crippen LogP contribution in [0.1, 0.15) is 19.3 Å². The molecule has 2 fully saturated rings. The Hall–Kier alpha value is -1.79. The van der Waals surface area contributed by atoms with Gasteiger partial charge >= 0.3 is 6.03 Å². The number of rotatable bonds is 6. The third kappa shape index (κ3) is 4.39. The quantitative estimate of drug-likeness (QED) is 0.742. The molecule has 1 unspecified atom stereocenters. The van der Waals surface area contributed by atoms with Crippen molar-refractivity contribution in [2.24, 2.45) is 5.92 Å². The minimum absolute atomic E-state index is 0.0748. The number of para-hydroxylation sites is 2. The van der Waals surface area contributed by atoms with Crippen molar-refractivity contribution in [1.82, 2.24) is 10.2 Å². The van der Waals surface area contributed by atoms with Gasteiger partial charge in [0.25, 0.3) is 0 Å². The van der Waals surface area contributed by atoms with Crippen LogP contribution < -0.4 is 15.5 Å². The molecular formula is C18H28N4O2. The van der Waals surface area contributed by atoms with Gasteiger partial charge in [-0.05, 0) is 44.4 Å². The Bertz CT molecular complexity index is 554. The van der Waals surface area contributed by atoms with E-state index in [4.69, 9.17) is 5.11 Å². The summed E-state index contributed by atoms with van der Waals surface area (Å²) in [5, 5.41) is 15.2. The lowest BCUT2D eigenvalue weighted by Gasteiger charge is -2.35. The number of carbonyl (C=O) groups excluding carboxylic acids is 1. The molecule has 1 aromatic carbocycles. The lowest BCUT2D eigenvalue weighted by atomic mass is 10.1. The molecule has 0 aromatic heterocycles. The first-order valence-corrected chi connectivity index (χ1v) is 8.88. The van der Waals surface area contributed by atoms with E-state index in [9.17, 15) is 4.79 Å². The first kappa shape index (κ1) is 17.0. The Labute approximate surface area is 143 Å². The van der Waals surface area contributed by atoms with Crippen LogP contribution in [0.2, 0.25) is 0 Å². The number of carbonyl (C=O) groups is 1. The Morgan fingerprint density at radius 3 is 2.62 bits per heavy atom. The highest BCUT2D eigenvalue weighted by molar-refractivity contribution is 5.93. The summed E-state index contributed by atoms with van der Waals surface area (Å²) in [7, 11) is 2.13. The van der Waals surface area contributed by atoms with Gasteiger partial charge < -0.3 is 25.5 Å². The fraction of sp³-hybridized carbons (Fsp3) is 0.611. The number of likely N-dealkylation sites (N-methyl/N-ethyl adjacent to an activating group) is 1. The molecule has 24 heavy (non-hydrogen) atoms. The maximum Gasteiger partial charge on any atom is 0.319 e. The van der Waals surface area contributed by atoms with Gasteiger partial charge in [0.2, 0.25) is 0 Å². The van der Waals surface area contributed by atoms with Crippen LogP contribution in [-0.4, -0.2) is 61.9 Å². The minimum Gasteiger partial charge on any atom is -0.396 e. The highest BCUT2D eigenvalue weighted by Crippen LogP contribution is 2.34. The molecule has 2 aliphatic rings. The number of hydrogen-bond acceptors (Lipinski definition) is 4. The van der Waals surface area contributed by atoms with Gasteiger partial charge in [0, 0.05) is 38.8 Å². The zero-order valence-electron chi connectivity index (χ0n) is 14.4. The molecule has 6 nitrogen and oxygen atoms in total. The molecule has 1 aliphatic heterocycles. The number of hydrogen-bond donors (Lipinski definition) is 3. The molecule has 3 rings (SSSR count). The van der Waals surface area contributed by atoms with E-state index in [2.05, 4.69) is 33.5 Å². The van der Waals surface area contributed by atoms with E-state index >= 15 is 0 Å². The third-order valence-corrected chi connectivity index (χ3v) is 4.94. The van der Waals surface area contributed by atoms with Gasteiger partial charge in [-0.15, -0.1) is 0 Å². The predicted molar refractivity (Wildman–Crippen MR) is 96.5 cm³/mol. The van der Waals surface area contributed by atoms with E-state index in [1.165, 1.54) is 0 Å². The molecule has 1 aliphatic carbocycles. The molecule has 2 amide bonds. The number of amides is 2. The highest BCUT2D eigenvalue weighted by atomic mass is 16.3. The van der Waals surface area contributed by atoms with Gasteiger partial charge in [0.15, 0.2) is 0 Å². The second kappa shape index (κ2) is 7.85. The van der Waals surface area contributed by atoms with Crippen molar-refractivity contribution in [3.05, 3.63) is 24.3 Å². The summed E-state index contributed by atoms with van der Waals surface area (Å²) >= 11 is 0. The number of aliphatic hydroxyl groups excluding tert-OH is 1. The maximum atomic E-state index is 12.4. The van der Waals surface area contributed by atoms with E-state index in [-0.39, 0.29) is 18.7 Å². The molecule has 132 valence electrons. The third-order valence-electron chi connectivity index (χ3n) is 4.94. The summed E-state index contributed by atoms with van der Waals surface area (Å²) in [6.07, 6.45) is 2.91. The molecule has 1 saturated carbocycles. The molecule has 0 spiro atoms. The van der Waals surface area contributed by atoms with E-state index in [0.29, 0.717) is 12.3 Å². The first-order chi connectivity index (χ1) is 11.7. The van der Waals surface area contributed by atoms with Gasteiger partial charge in [0.05, 0.1) is 11.4 Å². The molecule has 1 atom stereocenters. The van der Waals surface area contributed by atoms with Crippen LogP contribution in [-0.2, 0) is 0 Å². The highest BCUT2D eigenvalue weighted by Gasteiger charge is 2.32. The van der Waals surface area contributed by atoms with Gasteiger partial charge in [0.1, 0.15) is 0 Å². The van der Waals surface area contributed by atoms with Crippen LogP contribution in [0.3, 0.4) is 0 Å². The summed E-state index contributed by atoms with van der Waals surface area (Å²) < 4.78 is 0. The molecule has 0 radical (unpaired) electrons. The van der Waals surface area contributed by atoms with Crippen LogP contribution in [0.15, 0.2) is 24.3 Å². The number of aliphatic hydroxyl groups is 1. The SMILES string of the molecule is CN1CCN(c2ccccc2NC(=O)NC(CCO)C2CC2)CC1. The number of piperazine rings is 1. The molecule has 1 saturated heterocycles. The van der Waals surface area contributed by atoms with E-state index in [0.717, 1.165) is 50.4 Å². The second-order valence-corrected chi connectivity index (χ2v) is 6.86. The zero-order chi connectivity index (χ0) is 16.9. The number of anilines is 2. The topological polar surface area (TPSA) is 67.8 Å². The van der Waals surface area contributed by atoms with E-state index in [1.807, 2.05) is 18.2 Å². The summed E-state index contributed by atoms with van der Waals surface area (Å²) in [5.41, 5.74) is 1.92. The average molecular weight is 332 g/mol. The van der Waals surface area contributed by atoms with Crippen LogP contribution in [0.25, 0.3) is 0 Å². The molecule has 1 aromatic rings. The first-order valence-electron chi connectivity index (χ1n) is 8.88. The predicted octanol–water partition coefficient (Wildman–Crippen LogP) is 1.72. The van der Waals surface area contributed by atoms with Crippen LogP contribution in [0.5, 0.6) is 0 Å². The summed E-state index contributed by atoms with van der Waals surface area (Å²) in [4.78, 5) is 17.0. The Morgan fingerprint density at radius 1 is 1.25 bits per heavy atom. The van der Waals surface area contributed by atoms with Crippen LogP contribution in [0, 0.1) is 5.92 Å². The van der Waals surface area contributed by atoms with Crippen molar-refractivity contribution in [3.8, 4) is 0 Å². The summed E-state index contributed by atoms with van der Waals surface area (Å²) in [5.74, 6) is 0.524. The molecule has 3 N–H and O–H groups in total. The maximum absolute atomic E-state index is 12.4. The smallest absolute Gasteiger partial charge is 0.319 e. The van der Waals surface area contributed by atoms with E-state index in [1.54, 1.807) is 0 Å². The van der Waals surface area contributed by atoms with Gasteiger partial charge in [-0.1, -0.05) is 12.1 Å². The van der Waals surface area contributed by atoms with E-state index < -0.39 is 0 Å². The second-order valence-electron chi connectivity index (χ2n) is 6.86. The average Bonchev–Trinajstić information content (AvgIpc) is 3.41. The monoisotopic (exact) mass is 332 g/mol. The van der Waals surface area contributed by atoms with Crippen molar-refractivity contribution in [2.75, 3.05) is 50.1 Å². The lowest BCUT2D eigenvalue weighted by molar-refractivity contribution is 0.234. The minimum atomic E-state index is -0.179. The number of urea groups is 1. The fourth-order valence-corrected chi connectivity index (χ4v) is 3.29. The molecule has 1 heterocycles. The van der Waals surface area contributed by atoms with Crippen molar-refractivity contribution >= 4 is 17.4 Å². The Morgan fingerprint density at radius 2 is 1.96 bits per heavy atom. The molecule has 0 bridgehead atoms. The Balaban J connectivity index is 1.63. The van der Waals surface area contributed by atoms with Crippen LogP contribution >= 0.6 is 0 Å².